The predicted molar refractivity (Wildman–Crippen MR) is 81.6 cm³/mol. The lowest BCUT2D eigenvalue weighted by molar-refractivity contribution is -0.145. The molecule has 0 spiro atoms. The first kappa shape index (κ1) is 16.6. The second-order valence-electron chi connectivity index (χ2n) is 4.16. The van der Waals surface area contributed by atoms with Crippen LogP contribution in [0.5, 0.6) is 5.75 Å². The maximum Gasteiger partial charge on any atom is 0.322 e. The summed E-state index contributed by atoms with van der Waals surface area (Å²) in [6.07, 6.45) is 4.31. The highest BCUT2D eigenvalue weighted by Crippen LogP contribution is 2.12. The Morgan fingerprint density at radius 3 is 2.43 bits per heavy atom. The molecule has 5 nitrogen and oxygen atoms in total. The molecule has 5 heteroatoms. The van der Waals surface area contributed by atoms with Gasteiger partial charge in [-0.3, -0.25) is 14.6 Å². The summed E-state index contributed by atoms with van der Waals surface area (Å²) in [6, 6.07) is 7.22. The van der Waals surface area contributed by atoms with Crippen LogP contribution in [0.3, 0.4) is 0 Å². The van der Waals surface area contributed by atoms with Crippen LogP contribution in [-0.2, 0) is 14.3 Å². The molecule has 0 N–H and O–H groups in total. The number of allylic oxidation sites excluding steroid dienone is 1. The van der Waals surface area contributed by atoms with Gasteiger partial charge in [0, 0.05) is 12.8 Å². The molecule has 1 aromatic carbocycles. The van der Waals surface area contributed by atoms with Crippen LogP contribution in [0.1, 0.15) is 12.5 Å². The van der Waals surface area contributed by atoms with E-state index in [4.69, 9.17) is 4.74 Å². The number of hydrogen-bond acceptors (Lipinski definition) is 5. The number of esters is 1. The predicted octanol–water partition coefficient (Wildman–Crippen LogP) is 2.16. The zero-order valence-corrected chi connectivity index (χ0v) is 12.4. The standard InChI is InChI=1S/C16H19NO4/c1-4-17-11-14(16(19)21-3)15(18)10-7-12-5-8-13(20-2)9-6-12/h5-11,14H,4H2,1-3H3. The number of hydrogen-bond donors (Lipinski definition) is 0. The Balaban J connectivity index is 2.81. The van der Waals surface area contributed by atoms with Crippen molar-refractivity contribution >= 4 is 24.0 Å². The van der Waals surface area contributed by atoms with E-state index >= 15 is 0 Å². The summed E-state index contributed by atoms with van der Waals surface area (Å²) in [5.74, 6) is -1.24. The van der Waals surface area contributed by atoms with Gasteiger partial charge in [0.05, 0.1) is 14.2 Å². The Kier molecular flexibility index (Phi) is 6.87. The topological polar surface area (TPSA) is 65.0 Å². The minimum Gasteiger partial charge on any atom is -0.497 e. The number of nitrogens with zero attached hydrogens (tertiary/aromatic N) is 1. The van der Waals surface area contributed by atoms with Crippen molar-refractivity contribution in [2.75, 3.05) is 20.8 Å². The highest BCUT2D eigenvalue weighted by molar-refractivity contribution is 6.17. The summed E-state index contributed by atoms with van der Waals surface area (Å²) in [4.78, 5) is 27.6. The second-order valence-corrected chi connectivity index (χ2v) is 4.16. The number of carbonyl (C=O) groups excluding carboxylic acids is 2. The van der Waals surface area contributed by atoms with Gasteiger partial charge in [0.25, 0.3) is 0 Å². The molecule has 0 radical (unpaired) electrons. The third kappa shape index (κ3) is 5.22. The average Bonchev–Trinajstić information content (AvgIpc) is 2.53. The van der Waals surface area contributed by atoms with Gasteiger partial charge in [0.1, 0.15) is 5.75 Å². The van der Waals surface area contributed by atoms with Crippen molar-refractivity contribution in [2.24, 2.45) is 10.9 Å². The first-order valence-electron chi connectivity index (χ1n) is 6.56. The van der Waals surface area contributed by atoms with Gasteiger partial charge in [0.15, 0.2) is 11.7 Å². The fraction of sp³-hybridized carbons (Fsp3) is 0.312. The molecule has 21 heavy (non-hydrogen) atoms. The first-order valence-corrected chi connectivity index (χ1v) is 6.56. The quantitative estimate of drug-likeness (QED) is 0.334. The largest absolute Gasteiger partial charge is 0.497 e. The van der Waals surface area contributed by atoms with E-state index in [2.05, 4.69) is 9.73 Å². The van der Waals surface area contributed by atoms with Crippen LogP contribution in [0, 0.1) is 5.92 Å². The van der Waals surface area contributed by atoms with Crippen molar-refractivity contribution in [3.8, 4) is 5.75 Å². The Morgan fingerprint density at radius 1 is 1.24 bits per heavy atom. The van der Waals surface area contributed by atoms with Gasteiger partial charge in [-0.25, -0.2) is 0 Å². The summed E-state index contributed by atoms with van der Waals surface area (Å²) < 4.78 is 9.67. The lowest BCUT2D eigenvalue weighted by Gasteiger charge is -2.05. The van der Waals surface area contributed by atoms with Gasteiger partial charge < -0.3 is 9.47 Å². The molecular formula is C16H19NO4. The molecule has 0 saturated heterocycles. The second kappa shape index (κ2) is 8.68. The molecule has 0 heterocycles. The molecule has 0 amide bonds. The molecule has 0 fully saturated rings. The third-order valence-electron chi connectivity index (χ3n) is 2.75. The van der Waals surface area contributed by atoms with Gasteiger partial charge >= 0.3 is 5.97 Å². The maximum atomic E-state index is 12.0. The minimum absolute atomic E-state index is 0.366. The van der Waals surface area contributed by atoms with Crippen molar-refractivity contribution in [1.82, 2.24) is 0 Å². The van der Waals surface area contributed by atoms with Crippen LogP contribution in [0.2, 0.25) is 0 Å². The minimum atomic E-state index is -0.996. The molecule has 0 aliphatic carbocycles. The van der Waals surface area contributed by atoms with Crippen LogP contribution in [0.15, 0.2) is 35.3 Å². The lowest BCUT2D eigenvalue weighted by Crippen LogP contribution is -2.25. The number of ether oxygens (including phenoxy) is 2. The summed E-state index contributed by atoms with van der Waals surface area (Å²) in [7, 11) is 2.83. The van der Waals surface area contributed by atoms with Crippen molar-refractivity contribution in [3.63, 3.8) is 0 Å². The van der Waals surface area contributed by atoms with Gasteiger partial charge in [-0.05, 0) is 30.7 Å². The van der Waals surface area contributed by atoms with E-state index < -0.39 is 11.9 Å². The number of benzene rings is 1. The van der Waals surface area contributed by atoms with E-state index in [1.807, 2.05) is 19.1 Å². The van der Waals surface area contributed by atoms with E-state index in [0.717, 1.165) is 11.3 Å². The Bertz CT molecular complexity index is 532. The van der Waals surface area contributed by atoms with Gasteiger partial charge in [0.2, 0.25) is 0 Å². The van der Waals surface area contributed by atoms with Crippen LogP contribution in [0.25, 0.3) is 6.08 Å². The Labute approximate surface area is 124 Å². The maximum absolute atomic E-state index is 12.0. The molecule has 1 aromatic rings. The normalized spacial score (nSPS) is 12.5. The molecule has 112 valence electrons. The van der Waals surface area contributed by atoms with Crippen LogP contribution >= 0.6 is 0 Å². The zero-order valence-electron chi connectivity index (χ0n) is 12.4. The fourth-order valence-corrected chi connectivity index (χ4v) is 1.59. The van der Waals surface area contributed by atoms with Crippen LogP contribution in [0.4, 0.5) is 0 Å². The van der Waals surface area contributed by atoms with Crippen molar-refractivity contribution in [1.29, 1.82) is 0 Å². The summed E-state index contributed by atoms with van der Waals surface area (Å²) in [6.45, 7) is 2.32. The van der Waals surface area contributed by atoms with E-state index in [-0.39, 0.29) is 5.78 Å². The van der Waals surface area contributed by atoms with Crippen molar-refractivity contribution < 1.29 is 19.1 Å². The van der Waals surface area contributed by atoms with Gasteiger partial charge in [-0.2, -0.15) is 0 Å². The number of ketones is 1. The first-order chi connectivity index (χ1) is 10.1. The Morgan fingerprint density at radius 2 is 1.90 bits per heavy atom. The summed E-state index contributed by atoms with van der Waals surface area (Å²) in [5.41, 5.74) is 0.834. The van der Waals surface area contributed by atoms with E-state index in [1.54, 1.807) is 25.3 Å². The molecule has 0 bridgehead atoms. The lowest BCUT2D eigenvalue weighted by atomic mass is 10.0. The van der Waals surface area contributed by atoms with Crippen LogP contribution < -0.4 is 4.74 Å². The number of methoxy groups -OCH3 is 2. The van der Waals surface area contributed by atoms with Crippen molar-refractivity contribution in [2.45, 2.75) is 6.92 Å². The smallest absolute Gasteiger partial charge is 0.322 e. The summed E-state index contributed by atoms with van der Waals surface area (Å²) >= 11 is 0. The van der Waals surface area contributed by atoms with E-state index in [1.165, 1.54) is 19.4 Å². The SMILES string of the molecule is CCN=CC(C(=O)C=Cc1ccc(OC)cc1)C(=O)OC. The number of rotatable bonds is 7. The third-order valence-corrected chi connectivity index (χ3v) is 2.75. The molecule has 1 atom stereocenters. The monoisotopic (exact) mass is 289 g/mol. The summed E-state index contributed by atoms with van der Waals surface area (Å²) in [5, 5.41) is 0. The zero-order chi connectivity index (χ0) is 15.7. The van der Waals surface area contributed by atoms with Crippen LogP contribution in [-0.4, -0.2) is 38.7 Å². The Hall–Kier alpha value is -2.43. The van der Waals surface area contributed by atoms with Crippen molar-refractivity contribution in [3.05, 3.63) is 35.9 Å². The molecule has 0 aliphatic rings. The number of carbonyl (C=O) groups is 2. The molecule has 1 unspecified atom stereocenters. The molecule has 0 aromatic heterocycles. The highest BCUT2D eigenvalue weighted by atomic mass is 16.5. The fourth-order valence-electron chi connectivity index (χ4n) is 1.59. The van der Waals surface area contributed by atoms with E-state index in [9.17, 15) is 9.59 Å². The molecule has 1 rings (SSSR count). The number of aliphatic imine (C=N–C) groups is 1. The molecular weight excluding hydrogens is 270 g/mol. The van der Waals surface area contributed by atoms with E-state index in [0.29, 0.717) is 6.54 Å². The average molecular weight is 289 g/mol. The molecule has 0 aliphatic heterocycles. The highest BCUT2D eigenvalue weighted by Gasteiger charge is 2.23. The molecule has 0 saturated carbocycles. The van der Waals surface area contributed by atoms with Gasteiger partial charge in [-0.1, -0.05) is 18.2 Å². The van der Waals surface area contributed by atoms with Gasteiger partial charge in [-0.15, -0.1) is 0 Å².